The predicted octanol–water partition coefficient (Wildman–Crippen LogP) is 2.73. The highest BCUT2D eigenvalue weighted by atomic mass is 16.5. The van der Waals surface area contributed by atoms with Crippen LogP contribution in [-0.4, -0.2) is 47.2 Å². The number of benzene rings is 1. The van der Waals surface area contributed by atoms with Crippen molar-refractivity contribution in [3.8, 4) is 11.5 Å². The first kappa shape index (κ1) is 20.5. The Labute approximate surface area is 148 Å². The summed E-state index contributed by atoms with van der Waals surface area (Å²) in [5.74, 6) is -1.43. The van der Waals surface area contributed by atoms with Crippen LogP contribution in [0.5, 0.6) is 11.5 Å². The molecular weight excluding hydrogens is 322 g/mol. The number of amides is 1. The van der Waals surface area contributed by atoms with Crippen LogP contribution in [0, 0.1) is 0 Å². The van der Waals surface area contributed by atoms with Crippen LogP contribution in [0.4, 0.5) is 0 Å². The van der Waals surface area contributed by atoms with E-state index in [0.29, 0.717) is 24.0 Å². The molecule has 0 fully saturated rings. The summed E-state index contributed by atoms with van der Waals surface area (Å²) in [5.41, 5.74) is 0.161. The highest BCUT2D eigenvalue weighted by Crippen LogP contribution is 2.41. The highest BCUT2D eigenvalue weighted by Gasteiger charge is 2.46. The fraction of sp³-hybridized carbons (Fsp3) is 0.474. The number of phenolic OH excluding ortho intramolecular Hbond substituents is 2. The van der Waals surface area contributed by atoms with E-state index < -0.39 is 17.4 Å². The molecule has 1 aromatic carbocycles. The number of hydrogen-bond donors (Lipinski definition) is 2. The van der Waals surface area contributed by atoms with Crippen molar-refractivity contribution in [2.24, 2.45) is 0 Å². The zero-order valence-electron chi connectivity index (χ0n) is 15.5. The molecule has 2 N–H and O–H groups in total. The van der Waals surface area contributed by atoms with Crippen molar-refractivity contribution in [2.75, 3.05) is 14.2 Å². The van der Waals surface area contributed by atoms with Gasteiger partial charge in [0.1, 0.15) is 6.04 Å². The van der Waals surface area contributed by atoms with Crippen LogP contribution in [0.2, 0.25) is 0 Å². The molecule has 1 atom stereocenters. The molecule has 0 aromatic heterocycles. The number of carbonyl (C=O) groups excluding carboxylic acids is 2. The standard InChI is InChI=1S/C19H27NO5/c1-7-19(8-2,13-9-10-14(21)15(22)11-13)16(18(24)25-6)20(5)17(23)12(3)4/h9-11,16,21-22H,3,7-8H2,1-2,4-6H3. The van der Waals surface area contributed by atoms with Crippen LogP contribution in [0.25, 0.3) is 0 Å². The summed E-state index contributed by atoms with van der Waals surface area (Å²) in [6.07, 6.45) is 1.03. The van der Waals surface area contributed by atoms with E-state index in [1.165, 1.54) is 24.1 Å². The van der Waals surface area contributed by atoms with E-state index in [2.05, 4.69) is 6.58 Å². The monoisotopic (exact) mass is 349 g/mol. The van der Waals surface area contributed by atoms with Gasteiger partial charge in [-0.05, 0) is 37.5 Å². The van der Waals surface area contributed by atoms with Gasteiger partial charge in [-0.3, -0.25) is 4.79 Å². The Kier molecular flexibility index (Phi) is 6.62. The SMILES string of the molecule is C=C(C)C(=O)N(C)C(C(=O)OC)C(CC)(CC)c1ccc(O)c(O)c1. The summed E-state index contributed by atoms with van der Waals surface area (Å²) in [6.45, 7) is 9.05. The second-order valence-corrected chi connectivity index (χ2v) is 6.19. The van der Waals surface area contributed by atoms with Gasteiger partial charge in [-0.15, -0.1) is 0 Å². The third kappa shape index (κ3) is 3.78. The highest BCUT2D eigenvalue weighted by molar-refractivity contribution is 5.95. The third-order valence-electron chi connectivity index (χ3n) is 4.83. The second-order valence-electron chi connectivity index (χ2n) is 6.19. The lowest BCUT2D eigenvalue weighted by Gasteiger charge is -2.43. The van der Waals surface area contributed by atoms with Gasteiger partial charge >= 0.3 is 5.97 Å². The summed E-state index contributed by atoms with van der Waals surface area (Å²) >= 11 is 0. The average Bonchev–Trinajstić information content (AvgIpc) is 2.60. The maximum Gasteiger partial charge on any atom is 0.329 e. The largest absolute Gasteiger partial charge is 0.504 e. The first-order valence-corrected chi connectivity index (χ1v) is 8.19. The molecule has 0 aliphatic heterocycles. The van der Waals surface area contributed by atoms with Crippen LogP contribution in [0.15, 0.2) is 30.4 Å². The van der Waals surface area contributed by atoms with Crippen molar-refractivity contribution in [3.63, 3.8) is 0 Å². The number of ether oxygens (including phenoxy) is 1. The molecule has 0 saturated carbocycles. The van der Waals surface area contributed by atoms with Crippen molar-refractivity contribution in [2.45, 2.75) is 45.1 Å². The van der Waals surface area contributed by atoms with E-state index in [4.69, 9.17) is 4.74 Å². The molecule has 1 amide bonds. The van der Waals surface area contributed by atoms with Crippen LogP contribution in [0.3, 0.4) is 0 Å². The quantitative estimate of drug-likeness (QED) is 0.449. The molecule has 0 aliphatic rings. The van der Waals surface area contributed by atoms with E-state index >= 15 is 0 Å². The third-order valence-corrected chi connectivity index (χ3v) is 4.83. The number of likely N-dealkylation sites (N-methyl/N-ethyl adjacent to an activating group) is 1. The fourth-order valence-electron chi connectivity index (χ4n) is 3.32. The van der Waals surface area contributed by atoms with Gasteiger partial charge in [0.15, 0.2) is 11.5 Å². The number of methoxy groups -OCH3 is 1. The van der Waals surface area contributed by atoms with Crippen molar-refractivity contribution < 1.29 is 24.5 Å². The Morgan fingerprint density at radius 1 is 1.24 bits per heavy atom. The zero-order valence-corrected chi connectivity index (χ0v) is 15.5. The Morgan fingerprint density at radius 3 is 2.20 bits per heavy atom. The molecule has 0 spiro atoms. The number of hydrogen-bond acceptors (Lipinski definition) is 5. The molecule has 0 bridgehead atoms. The Hall–Kier alpha value is -2.50. The van der Waals surface area contributed by atoms with Gasteiger partial charge in [0.05, 0.1) is 7.11 Å². The second kappa shape index (κ2) is 8.05. The minimum absolute atomic E-state index is 0.245. The van der Waals surface area contributed by atoms with E-state index in [1.807, 2.05) is 13.8 Å². The molecule has 1 aromatic rings. The molecule has 6 nitrogen and oxygen atoms in total. The van der Waals surface area contributed by atoms with Gasteiger partial charge in [0.25, 0.3) is 0 Å². The van der Waals surface area contributed by atoms with E-state index in [0.717, 1.165) is 0 Å². The van der Waals surface area contributed by atoms with Crippen LogP contribution in [-0.2, 0) is 19.7 Å². The minimum Gasteiger partial charge on any atom is -0.504 e. The molecule has 0 saturated heterocycles. The van der Waals surface area contributed by atoms with Gasteiger partial charge in [0, 0.05) is 18.0 Å². The van der Waals surface area contributed by atoms with Gasteiger partial charge in [0.2, 0.25) is 5.91 Å². The van der Waals surface area contributed by atoms with Gasteiger partial charge in [-0.2, -0.15) is 0 Å². The van der Waals surface area contributed by atoms with Gasteiger partial charge in [-0.25, -0.2) is 4.79 Å². The maximum absolute atomic E-state index is 12.6. The van der Waals surface area contributed by atoms with Crippen molar-refractivity contribution in [1.82, 2.24) is 4.90 Å². The van der Waals surface area contributed by atoms with Crippen LogP contribution in [0.1, 0.15) is 39.2 Å². The summed E-state index contributed by atoms with van der Waals surface area (Å²) in [7, 11) is 2.82. The summed E-state index contributed by atoms with van der Waals surface area (Å²) in [6, 6.07) is 3.55. The number of phenols is 2. The zero-order chi connectivity index (χ0) is 19.4. The van der Waals surface area contributed by atoms with E-state index in [1.54, 1.807) is 20.0 Å². The first-order valence-electron chi connectivity index (χ1n) is 8.19. The Bertz CT molecular complexity index is 664. The van der Waals surface area contributed by atoms with Crippen molar-refractivity contribution >= 4 is 11.9 Å². The first-order chi connectivity index (χ1) is 11.7. The summed E-state index contributed by atoms with van der Waals surface area (Å²) < 4.78 is 4.97. The fourth-order valence-corrected chi connectivity index (χ4v) is 3.32. The molecule has 25 heavy (non-hydrogen) atoms. The molecule has 0 heterocycles. The number of nitrogens with zero attached hydrogens (tertiary/aromatic N) is 1. The number of aromatic hydroxyl groups is 2. The topological polar surface area (TPSA) is 87.1 Å². The van der Waals surface area contributed by atoms with Crippen molar-refractivity contribution in [3.05, 3.63) is 35.9 Å². The predicted molar refractivity (Wildman–Crippen MR) is 95.4 cm³/mol. The summed E-state index contributed by atoms with van der Waals surface area (Å²) in [4.78, 5) is 26.4. The minimum atomic E-state index is -0.902. The molecule has 6 heteroatoms. The smallest absolute Gasteiger partial charge is 0.329 e. The molecule has 1 rings (SSSR count). The van der Waals surface area contributed by atoms with E-state index in [-0.39, 0.29) is 17.4 Å². The van der Waals surface area contributed by atoms with Crippen LogP contribution >= 0.6 is 0 Å². The number of carbonyl (C=O) groups is 2. The number of rotatable bonds is 7. The van der Waals surface area contributed by atoms with Crippen LogP contribution < -0.4 is 0 Å². The summed E-state index contributed by atoms with van der Waals surface area (Å²) in [5, 5.41) is 19.5. The molecule has 0 radical (unpaired) electrons. The maximum atomic E-state index is 12.6. The average molecular weight is 349 g/mol. The lowest BCUT2D eigenvalue weighted by atomic mass is 9.69. The molecule has 0 aliphatic carbocycles. The van der Waals surface area contributed by atoms with Gasteiger partial charge in [-0.1, -0.05) is 26.5 Å². The lowest BCUT2D eigenvalue weighted by Crippen LogP contribution is -2.56. The number of esters is 1. The molecule has 138 valence electrons. The van der Waals surface area contributed by atoms with E-state index in [9.17, 15) is 19.8 Å². The lowest BCUT2D eigenvalue weighted by molar-refractivity contribution is -0.154. The Balaban J connectivity index is 3.61. The van der Waals surface area contributed by atoms with Gasteiger partial charge < -0.3 is 19.8 Å². The van der Waals surface area contributed by atoms with Crippen molar-refractivity contribution in [1.29, 1.82) is 0 Å². The normalized spacial score (nSPS) is 12.4. The molecular formula is C19H27NO5. The molecule has 1 unspecified atom stereocenters. The Morgan fingerprint density at radius 2 is 1.80 bits per heavy atom.